The molecule has 96 valence electrons. The van der Waals surface area contributed by atoms with Crippen LogP contribution in [0.15, 0.2) is 53.0 Å². The van der Waals surface area contributed by atoms with Crippen molar-refractivity contribution >= 4 is 33.3 Å². The van der Waals surface area contributed by atoms with Crippen molar-refractivity contribution in [2.75, 3.05) is 5.32 Å². The fourth-order valence-corrected chi connectivity index (χ4v) is 2.16. The third-order valence-corrected chi connectivity index (χ3v) is 3.06. The van der Waals surface area contributed by atoms with E-state index in [2.05, 4.69) is 21.2 Å². The Kier molecular flexibility index (Phi) is 4.12. The van der Waals surface area contributed by atoms with E-state index in [1.165, 1.54) is 6.92 Å². The summed E-state index contributed by atoms with van der Waals surface area (Å²) in [6.07, 6.45) is 0. The Morgan fingerprint density at radius 3 is 2.47 bits per heavy atom. The molecular weight excluding hydrogens is 306 g/mol. The summed E-state index contributed by atoms with van der Waals surface area (Å²) in [5.74, 6) is -0.319. The maximum atomic E-state index is 12.4. The van der Waals surface area contributed by atoms with Crippen LogP contribution in [0, 0.1) is 0 Å². The van der Waals surface area contributed by atoms with Gasteiger partial charge in [0.15, 0.2) is 5.78 Å². The molecule has 0 spiro atoms. The summed E-state index contributed by atoms with van der Waals surface area (Å²) < 4.78 is 0.843. The smallest absolute Gasteiger partial charge is 0.221 e. The Hall–Kier alpha value is -1.94. The summed E-state index contributed by atoms with van der Waals surface area (Å²) in [6, 6.07) is 14.1. The topological polar surface area (TPSA) is 46.2 Å². The molecule has 2 rings (SSSR count). The summed E-state index contributed by atoms with van der Waals surface area (Å²) in [5.41, 5.74) is 1.59. The largest absolute Gasteiger partial charge is 0.326 e. The predicted octanol–water partition coefficient (Wildman–Crippen LogP) is 3.64. The molecule has 3 nitrogen and oxygen atoms in total. The normalized spacial score (nSPS) is 10.0. The van der Waals surface area contributed by atoms with E-state index in [0.29, 0.717) is 16.8 Å². The monoisotopic (exact) mass is 317 g/mol. The fourth-order valence-electron chi connectivity index (χ4n) is 1.76. The zero-order chi connectivity index (χ0) is 13.8. The Morgan fingerprint density at radius 1 is 1.05 bits per heavy atom. The highest BCUT2D eigenvalue weighted by molar-refractivity contribution is 9.10. The molecule has 0 fully saturated rings. The molecule has 19 heavy (non-hydrogen) atoms. The van der Waals surface area contributed by atoms with Gasteiger partial charge in [0.05, 0.1) is 5.69 Å². The molecular formula is C15H12BrNO2. The van der Waals surface area contributed by atoms with Gasteiger partial charge in [-0.2, -0.15) is 0 Å². The number of nitrogens with one attached hydrogen (secondary N) is 1. The molecule has 0 radical (unpaired) electrons. The molecule has 0 aliphatic heterocycles. The van der Waals surface area contributed by atoms with Crippen molar-refractivity contribution in [2.24, 2.45) is 0 Å². The van der Waals surface area contributed by atoms with Gasteiger partial charge in [-0.25, -0.2) is 0 Å². The van der Waals surface area contributed by atoms with Gasteiger partial charge in [-0.1, -0.05) is 40.2 Å². The van der Waals surface area contributed by atoms with Crippen molar-refractivity contribution in [3.05, 3.63) is 64.1 Å². The Labute approximate surface area is 119 Å². The molecule has 0 atom stereocenters. The summed E-state index contributed by atoms with van der Waals surface area (Å²) in [5, 5.41) is 2.67. The van der Waals surface area contributed by atoms with Crippen LogP contribution in [-0.4, -0.2) is 11.7 Å². The summed E-state index contributed by atoms with van der Waals surface area (Å²) in [6.45, 7) is 1.42. The minimum absolute atomic E-state index is 0.120. The third kappa shape index (κ3) is 3.29. The quantitative estimate of drug-likeness (QED) is 0.878. The second-order valence-electron chi connectivity index (χ2n) is 4.07. The zero-order valence-corrected chi connectivity index (χ0v) is 11.9. The number of ketones is 1. The van der Waals surface area contributed by atoms with Crippen molar-refractivity contribution in [3.63, 3.8) is 0 Å². The third-order valence-electron chi connectivity index (χ3n) is 2.57. The molecule has 0 bridgehead atoms. The SMILES string of the molecule is CC(=O)Nc1ccccc1C(=O)c1cccc(Br)c1. The highest BCUT2D eigenvalue weighted by atomic mass is 79.9. The number of anilines is 1. The maximum Gasteiger partial charge on any atom is 0.221 e. The molecule has 0 aliphatic carbocycles. The van der Waals surface area contributed by atoms with Crippen LogP contribution in [-0.2, 0) is 4.79 Å². The summed E-state index contributed by atoms with van der Waals surface area (Å²) in [7, 11) is 0. The maximum absolute atomic E-state index is 12.4. The van der Waals surface area contributed by atoms with Gasteiger partial charge in [-0.05, 0) is 24.3 Å². The number of hydrogen-bond acceptors (Lipinski definition) is 2. The van der Waals surface area contributed by atoms with E-state index < -0.39 is 0 Å². The van der Waals surface area contributed by atoms with Gasteiger partial charge in [-0.3, -0.25) is 9.59 Å². The Bertz CT molecular complexity index is 638. The van der Waals surface area contributed by atoms with E-state index in [9.17, 15) is 9.59 Å². The van der Waals surface area contributed by atoms with Crippen LogP contribution in [0.4, 0.5) is 5.69 Å². The molecule has 4 heteroatoms. The first kappa shape index (κ1) is 13.5. The summed E-state index contributed by atoms with van der Waals surface area (Å²) >= 11 is 3.34. The van der Waals surface area contributed by atoms with Crippen LogP contribution in [0.3, 0.4) is 0 Å². The van der Waals surface area contributed by atoms with E-state index >= 15 is 0 Å². The molecule has 2 aromatic rings. The molecule has 0 aromatic heterocycles. The van der Waals surface area contributed by atoms with Crippen LogP contribution >= 0.6 is 15.9 Å². The van der Waals surface area contributed by atoms with Gasteiger partial charge in [-0.15, -0.1) is 0 Å². The Morgan fingerprint density at radius 2 is 1.79 bits per heavy atom. The van der Waals surface area contributed by atoms with Crippen molar-refractivity contribution in [3.8, 4) is 0 Å². The summed E-state index contributed by atoms with van der Waals surface area (Å²) in [4.78, 5) is 23.6. The molecule has 0 saturated heterocycles. The first-order valence-electron chi connectivity index (χ1n) is 5.75. The zero-order valence-electron chi connectivity index (χ0n) is 10.3. The lowest BCUT2D eigenvalue weighted by molar-refractivity contribution is -0.114. The lowest BCUT2D eigenvalue weighted by atomic mass is 10.0. The number of halogens is 1. The predicted molar refractivity (Wildman–Crippen MR) is 78.3 cm³/mol. The van der Waals surface area contributed by atoms with Crippen LogP contribution in [0.5, 0.6) is 0 Å². The van der Waals surface area contributed by atoms with Gasteiger partial charge in [0.2, 0.25) is 5.91 Å². The second kappa shape index (κ2) is 5.80. The van der Waals surface area contributed by atoms with Crippen molar-refractivity contribution in [1.29, 1.82) is 0 Å². The van der Waals surface area contributed by atoms with E-state index in [1.54, 1.807) is 42.5 Å². The van der Waals surface area contributed by atoms with E-state index in [-0.39, 0.29) is 11.7 Å². The van der Waals surface area contributed by atoms with Crippen molar-refractivity contribution < 1.29 is 9.59 Å². The average Bonchev–Trinajstić information content (AvgIpc) is 2.38. The highest BCUT2D eigenvalue weighted by Gasteiger charge is 2.14. The Balaban J connectivity index is 2.41. The number of rotatable bonds is 3. The molecule has 2 aromatic carbocycles. The van der Waals surface area contributed by atoms with Gasteiger partial charge in [0, 0.05) is 22.5 Å². The first-order valence-corrected chi connectivity index (χ1v) is 6.54. The first-order chi connectivity index (χ1) is 9.08. The number of carbonyl (C=O) groups excluding carboxylic acids is 2. The fraction of sp³-hybridized carbons (Fsp3) is 0.0667. The lowest BCUT2D eigenvalue weighted by Gasteiger charge is -2.09. The molecule has 0 aliphatic rings. The van der Waals surface area contributed by atoms with E-state index in [1.807, 2.05) is 6.07 Å². The van der Waals surface area contributed by atoms with Crippen LogP contribution in [0.2, 0.25) is 0 Å². The lowest BCUT2D eigenvalue weighted by Crippen LogP contribution is -2.11. The minimum Gasteiger partial charge on any atom is -0.326 e. The number of benzene rings is 2. The van der Waals surface area contributed by atoms with Crippen LogP contribution in [0.25, 0.3) is 0 Å². The minimum atomic E-state index is -0.200. The molecule has 0 unspecified atom stereocenters. The molecule has 1 amide bonds. The van der Waals surface area contributed by atoms with E-state index in [4.69, 9.17) is 0 Å². The average molecular weight is 318 g/mol. The number of amides is 1. The van der Waals surface area contributed by atoms with Crippen LogP contribution in [0.1, 0.15) is 22.8 Å². The second-order valence-corrected chi connectivity index (χ2v) is 4.98. The molecule has 1 N–H and O–H groups in total. The van der Waals surface area contributed by atoms with Crippen LogP contribution < -0.4 is 5.32 Å². The van der Waals surface area contributed by atoms with E-state index in [0.717, 1.165) is 4.47 Å². The van der Waals surface area contributed by atoms with Gasteiger partial charge >= 0.3 is 0 Å². The number of para-hydroxylation sites is 1. The standard InChI is InChI=1S/C15H12BrNO2/c1-10(18)17-14-8-3-2-7-13(14)15(19)11-5-4-6-12(16)9-11/h2-9H,1H3,(H,17,18). The highest BCUT2D eigenvalue weighted by Crippen LogP contribution is 2.21. The molecule has 0 heterocycles. The van der Waals surface area contributed by atoms with Crippen molar-refractivity contribution in [2.45, 2.75) is 6.92 Å². The number of carbonyl (C=O) groups is 2. The van der Waals surface area contributed by atoms with Gasteiger partial charge in [0.25, 0.3) is 0 Å². The van der Waals surface area contributed by atoms with Crippen molar-refractivity contribution in [1.82, 2.24) is 0 Å². The molecule has 0 saturated carbocycles. The van der Waals surface area contributed by atoms with Gasteiger partial charge < -0.3 is 5.32 Å². The number of hydrogen-bond donors (Lipinski definition) is 1. The van der Waals surface area contributed by atoms with Gasteiger partial charge in [0.1, 0.15) is 0 Å².